The van der Waals surface area contributed by atoms with Crippen molar-refractivity contribution in [2.24, 2.45) is 0 Å². The smallest absolute Gasteiger partial charge is 0.126 e. The van der Waals surface area contributed by atoms with Gasteiger partial charge >= 0.3 is 0 Å². The molecule has 2 rings (SSSR count). The molecule has 1 saturated carbocycles. The largest absolute Gasteiger partial charge is 0.392 e. The second-order valence-electron chi connectivity index (χ2n) is 5.14. The summed E-state index contributed by atoms with van der Waals surface area (Å²) >= 11 is 0. The molecule has 0 spiro atoms. The van der Waals surface area contributed by atoms with Gasteiger partial charge in [-0.05, 0) is 50.4 Å². The lowest BCUT2D eigenvalue weighted by Gasteiger charge is -2.19. The Morgan fingerprint density at radius 3 is 2.44 bits per heavy atom. The van der Waals surface area contributed by atoms with E-state index in [4.69, 9.17) is 0 Å². The molecule has 0 radical (unpaired) electrons. The lowest BCUT2D eigenvalue weighted by atomic mass is 10.1. The summed E-state index contributed by atoms with van der Waals surface area (Å²) in [5, 5.41) is 9.87. The molecule has 0 saturated heterocycles. The van der Waals surface area contributed by atoms with Crippen LogP contribution < -0.4 is 0 Å². The molecule has 0 aliphatic heterocycles. The molecule has 1 aromatic rings. The van der Waals surface area contributed by atoms with Crippen LogP contribution in [0.4, 0.5) is 8.78 Å². The number of benzene rings is 1. The number of hydrogen-bond acceptors (Lipinski definition) is 2. The van der Waals surface area contributed by atoms with Crippen LogP contribution in [0.25, 0.3) is 0 Å². The number of aryl methyl sites for hydroxylation is 1. The highest BCUT2D eigenvalue weighted by atomic mass is 19.1. The predicted octanol–water partition coefficient (Wildman–Crippen LogP) is 2.35. The zero-order valence-corrected chi connectivity index (χ0v) is 10.6. The Morgan fingerprint density at radius 2 is 1.89 bits per heavy atom. The number of rotatable bonds is 6. The molecule has 0 aromatic heterocycles. The van der Waals surface area contributed by atoms with E-state index in [1.165, 1.54) is 25.0 Å². The van der Waals surface area contributed by atoms with Crippen molar-refractivity contribution >= 4 is 0 Å². The van der Waals surface area contributed by atoms with Gasteiger partial charge in [-0.15, -0.1) is 0 Å². The fraction of sp³-hybridized carbons (Fsp3) is 0.571. The van der Waals surface area contributed by atoms with Crippen molar-refractivity contribution in [2.45, 2.75) is 37.8 Å². The zero-order chi connectivity index (χ0) is 13.1. The summed E-state index contributed by atoms with van der Waals surface area (Å²) in [5.74, 6) is -1.12. The van der Waals surface area contributed by atoms with Crippen LogP contribution in [-0.4, -0.2) is 35.7 Å². The maximum atomic E-state index is 13.0. The summed E-state index contributed by atoms with van der Waals surface area (Å²) in [4.78, 5) is 2.15. The lowest BCUT2D eigenvalue weighted by Crippen LogP contribution is -2.31. The Bertz CT molecular complexity index is 387. The van der Waals surface area contributed by atoms with E-state index in [0.29, 0.717) is 31.0 Å². The quantitative estimate of drug-likeness (QED) is 0.843. The van der Waals surface area contributed by atoms with Gasteiger partial charge in [0.25, 0.3) is 0 Å². The molecule has 0 amide bonds. The molecule has 18 heavy (non-hydrogen) atoms. The van der Waals surface area contributed by atoms with Crippen LogP contribution >= 0.6 is 0 Å². The van der Waals surface area contributed by atoms with E-state index in [-0.39, 0.29) is 0 Å². The average molecular weight is 255 g/mol. The fourth-order valence-corrected chi connectivity index (χ4v) is 2.18. The van der Waals surface area contributed by atoms with E-state index >= 15 is 0 Å². The van der Waals surface area contributed by atoms with Gasteiger partial charge in [0.1, 0.15) is 11.6 Å². The summed E-state index contributed by atoms with van der Waals surface area (Å²) in [6.45, 7) is 0.627. The van der Waals surface area contributed by atoms with E-state index in [1.54, 1.807) is 0 Å². The molecule has 0 bridgehead atoms. The minimum Gasteiger partial charge on any atom is -0.392 e. The zero-order valence-electron chi connectivity index (χ0n) is 10.6. The van der Waals surface area contributed by atoms with Crippen molar-refractivity contribution in [3.05, 3.63) is 35.4 Å². The number of aliphatic hydroxyl groups is 1. The van der Waals surface area contributed by atoms with E-state index in [0.717, 1.165) is 6.07 Å². The fourth-order valence-electron chi connectivity index (χ4n) is 2.18. The van der Waals surface area contributed by atoms with Crippen LogP contribution in [0.3, 0.4) is 0 Å². The van der Waals surface area contributed by atoms with Gasteiger partial charge < -0.3 is 10.0 Å². The Labute approximate surface area is 106 Å². The first-order valence-electron chi connectivity index (χ1n) is 6.38. The van der Waals surface area contributed by atoms with Crippen LogP contribution in [0.15, 0.2) is 18.2 Å². The molecule has 1 aromatic carbocycles. The first kappa shape index (κ1) is 13.4. The SMILES string of the molecule is CN(CC(O)CCc1cc(F)cc(F)c1)C1CC1. The Hall–Kier alpha value is -1.00. The monoisotopic (exact) mass is 255 g/mol. The lowest BCUT2D eigenvalue weighted by molar-refractivity contribution is 0.115. The van der Waals surface area contributed by atoms with Gasteiger partial charge in [-0.2, -0.15) is 0 Å². The Balaban J connectivity index is 1.79. The number of aliphatic hydroxyl groups excluding tert-OH is 1. The molecule has 1 aliphatic carbocycles. The van der Waals surface area contributed by atoms with Gasteiger partial charge in [-0.25, -0.2) is 8.78 Å². The van der Waals surface area contributed by atoms with Crippen LogP contribution in [0.5, 0.6) is 0 Å². The van der Waals surface area contributed by atoms with Crippen molar-refractivity contribution in [1.29, 1.82) is 0 Å². The molecule has 0 heterocycles. The van der Waals surface area contributed by atoms with Crippen LogP contribution in [0.2, 0.25) is 0 Å². The number of hydrogen-bond donors (Lipinski definition) is 1. The molecule has 1 atom stereocenters. The third kappa shape index (κ3) is 4.03. The van der Waals surface area contributed by atoms with Gasteiger partial charge in [0.2, 0.25) is 0 Å². The molecule has 1 N–H and O–H groups in total. The maximum Gasteiger partial charge on any atom is 0.126 e. The molecule has 4 heteroatoms. The van der Waals surface area contributed by atoms with Crippen LogP contribution in [-0.2, 0) is 6.42 Å². The van der Waals surface area contributed by atoms with E-state index in [2.05, 4.69) is 4.90 Å². The molecule has 100 valence electrons. The van der Waals surface area contributed by atoms with Gasteiger partial charge in [0.15, 0.2) is 0 Å². The second kappa shape index (κ2) is 5.76. The first-order chi connectivity index (χ1) is 8.54. The van der Waals surface area contributed by atoms with E-state index in [9.17, 15) is 13.9 Å². The van der Waals surface area contributed by atoms with Crippen molar-refractivity contribution in [3.8, 4) is 0 Å². The van der Waals surface area contributed by atoms with Gasteiger partial charge in [-0.1, -0.05) is 0 Å². The van der Waals surface area contributed by atoms with E-state index < -0.39 is 17.7 Å². The number of likely N-dealkylation sites (N-methyl/N-ethyl adjacent to an activating group) is 1. The highest BCUT2D eigenvalue weighted by Crippen LogP contribution is 2.25. The third-order valence-electron chi connectivity index (χ3n) is 3.36. The highest BCUT2D eigenvalue weighted by Gasteiger charge is 2.27. The number of halogens is 2. The van der Waals surface area contributed by atoms with E-state index in [1.807, 2.05) is 7.05 Å². The van der Waals surface area contributed by atoms with Crippen LogP contribution in [0, 0.1) is 11.6 Å². The maximum absolute atomic E-state index is 13.0. The second-order valence-corrected chi connectivity index (χ2v) is 5.14. The summed E-state index contributed by atoms with van der Waals surface area (Å²) in [6.07, 6.45) is 2.99. The molecular weight excluding hydrogens is 236 g/mol. The Morgan fingerprint density at radius 1 is 1.28 bits per heavy atom. The molecule has 1 aliphatic rings. The first-order valence-corrected chi connectivity index (χ1v) is 6.38. The van der Waals surface area contributed by atoms with Gasteiger partial charge in [-0.3, -0.25) is 0 Å². The molecule has 1 unspecified atom stereocenters. The molecule has 2 nitrogen and oxygen atoms in total. The molecular formula is C14H19F2NO. The minimum absolute atomic E-state index is 0.443. The summed E-state index contributed by atoms with van der Waals surface area (Å²) in [5.41, 5.74) is 0.598. The van der Waals surface area contributed by atoms with Crippen molar-refractivity contribution < 1.29 is 13.9 Å². The predicted molar refractivity (Wildman–Crippen MR) is 66.3 cm³/mol. The normalized spacial score (nSPS) is 17.2. The van der Waals surface area contributed by atoms with Crippen molar-refractivity contribution in [2.75, 3.05) is 13.6 Å². The number of nitrogens with zero attached hydrogens (tertiary/aromatic N) is 1. The topological polar surface area (TPSA) is 23.5 Å². The summed E-state index contributed by atoms with van der Waals surface area (Å²) in [6, 6.07) is 4.12. The van der Waals surface area contributed by atoms with Gasteiger partial charge in [0.05, 0.1) is 6.10 Å². The third-order valence-corrected chi connectivity index (χ3v) is 3.36. The van der Waals surface area contributed by atoms with Gasteiger partial charge in [0, 0.05) is 18.7 Å². The molecule has 1 fully saturated rings. The van der Waals surface area contributed by atoms with Crippen molar-refractivity contribution in [3.63, 3.8) is 0 Å². The van der Waals surface area contributed by atoms with Crippen LogP contribution in [0.1, 0.15) is 24.8 Å². The highest BCUT2D eigenvalue weighted by molar-refractivity contribution is 5.18. The van der Waals surface area contributed by atoms with Crippen molar-refractivity contribution in [1.82, 2.24) is 4.90 Å². The average Bonchev–Trinajstić information content (AvgIpc) is 3.08. The summed E-state index contributed by atoms with van der Waals surface area (Å²) < 4.78 is 25.9. The Kier molecular flexibility index (Phi) is 4.30. The standard InChI is InChI=1S/C14H19F2NO/c1-17(13-3-4-13)9-14(18)5-2-10-6-11(15)8-12(16)7-10/h6-8,13-14,18H,2-5,9H2,1H3. The minimum atomic E-state index is -0.561. The summed E-state index contributed by atoms with van der Waals surface area (Å²) in [7, 11) is 2.00.